The predicted octanol–water partition coefficient (Wildman–Crippen LogP) is 3.62. The van der Waals surface area contributed by atoms with E-state index in [1.54, 1.807) is 11.8 Å². The minimum Gasteiger partial charge on any atom is -0.357 e. The van der Waals surface area contributed by atoms with Gasteiger partial charge in [0.2, 0.25) is 0 Å². The lowest BCUT2D eigenvalue weighted by atomic mass is 10.2. The smallest absolute Gasteiger partial charge is 0.0467 e. The first-order valence-electron chi connectivity index (χ1n) is 4.61. The van der Waals surface area contributed by atoms with Crippen LogP contribution in [0.5, 0.6) is 0 Å². The Morgan fingerprint density at radius 2 is 2.21 bits per heavy atom. The molecule has 0 radical (unpaired) electrons. The summed E-state index contributed by atoms with van der Waals surface area (Å²) in [5, 5.41) is 1.32. The number of nitrogens with one attached hydrogen (secondary N) is 1. The number of aromatic amines is 1. The molecule has 2 rings (SSSR count). The largest absolute Gasteiger partial charge is 0.357 e. The number of benzene rings is 1. The maximum Gasteiger partial charge on any atom is 0.0467 e. The molecule has 0 aliphatic heterocycles. The van der Waals surface area contributed by atoms with E-state index in [9.17, 15) is 0 Å². The van der Waals surface area contributed by atoms with E-state index in [1.807, 2.05) is 6.08 Å². The van der Waals surface area contributed by atoms with Gasteiger partial charge in [-0.1, -0.05) is 24.3 Å². The highest BCUT2D eigenvalue weighted by Crippen LogP contribution is 2.30. The average Bonchev–Trinajstić information content (AvgIpc) is 2.55. The average molecular weight is 203 g/mol. The Morgan fingerprint density at radius 1 is 1.43 bits per heavy atom. The number of allylic oxidation sites excluding steroid dienone is 1. The van der Waals surface area contributed by atoms with Crippen molar-refractivity contribution in [2.75, 3.05) is 6.26 Å². The first kappa shape index (κ1) is 9.41. The van der Waals surface area contributed by atoms with Crippen LogP contribution < -0.4 is 0 Å². The summed E-state index contributed by atoms with van der Waals surface area (Å²) in [7, 11) is 0. The fourth-order valence-electron chi connectivity index (χ4n) is 1.69. The quantitative estimate of drug-likeness (QED) is 0.595. The van der Waals surface area contributed by atoms with E-state index in [0.29, 0.717) is 0 Å². The highest BCUT2D eigenvalue weighted by Gasteiger charge is 2.07. The number of rotatable bonds is 3. The monoisotopic (exact) mass is 203 g/mol. The molecule has 72 valence electrons. The molecule has 0 saturated carbocycles. The van der Waals surface area contributed by atoms with Crippen molar-refractivity contribution in [3.8, 4) is 0 Å². The van der Waals surface area contributed by atoms with Crippen LogP contribution in [0.25, 0.3) is 10.9 Å². The Bertz CT molecular complexity index is 456. The molecule has 0 saturated heterocycles. The van der Waals surface area contributed by atoms with Gasteiger partial charge in [0.05, 0.1) is 0 Å². The Morgan fingerprint density at radius 3 is 2.93 bits per heavy atom. The standard InChI is InChI=1S/C12H13NS/c1-3-6-11-12(14-2)9-7-4-5-8-10(9)13-11/h3-5,7-8,13H,1,6H2,2H3. The first-order chi connectivity index (χ1) is 6.86. The minimum absolute atomic E-state index is 0.908. The van der Waals surface area contributed by atoms with Crippen molar-refractivity contribution in [2.24, 2.45) is 0 Å². The SMILES string of the molecule is C=CCc1[nH]c2ccccc2c1SC. The molecular formula is C12H13NS. The van der Waals surface area contributed by atoms with Crippen molar-refractivity contribution >= 4 is 22.7 Å². The van der Waals surface area contributed by atoms with Gasteiger partial charge in [0.25, 0.3) is 0 Å². The van der Waals surface area contributed by atoms with E-state index in [4.69, 9.17) is 0 Å². The molecule has 0 atom stereocenters. The van der Waals surface area contributed by atoms with Crippen LogP contribution in [-0.4, -0.2) is 11.2 Å². The molecule has 0 fully saturated rings. The zero-order chi connectivity index (χ0) is 9.97. The second kappa shape index (κ2) is 3.93. The Labute approximate surface area is 88.2 Å². The van der Waals surface area contributed by atoms with E-state index in [-0.39, 0.29) is 0 Å². The fraction of sp³-hybridized carbons (Fsp3) is 0.167. The molecule has 1 nitrogen and oxygen atoms in total. The Balaban J connectivity index is 2.65. The molecule has 1 aromatic heterocycles. The molecule has 1 heterocycles. The van der Waals surface area contributed by atoms with E-state index in [0.717, 1.165) is 6.42 Å². The lowest BCUT2D eigenvalue weighted by molar-refractivity contribution is 1.12. The molecule has 0 aliphatic carbocycles. The molecule has 1 aromatic carbocycles. The van der Waals surface area contributed by atoms with Crippen molar-refractivity contribution < 1.29 is 0 Å². The third-order valence-corrected chi connectivity index (χ3v) is 3.16. The second-order valence-electron chi connectivity index (χ2n) is 3.18. The number of aromatic nitrogens is 1. The van der Waals surface area contributed by atoms with Gasteiger partial charge >= 0.3 is 0 Å². The van der Waals surface area contributed by atoms with Crippen LogP contribution in [0, 0.1) is 0 Å². The van der Waals surface area contributed by atoms with Crippen LogP contribution in [0.1, 0.15) is 5.69 Å². The number of hydrogen-bond acceptors (Lipinski definition) is 1. The van der Waals surface area contributed by atoms with Crippen molar-refractivity contribution in [3.63, 3.8) is 0 Å². The number of hydrogen-bond donors (Lipinski definition) is 1. The third-order valence-electron chi connectivity index (χ3n) is 2.28. The molecule has 0 spiro atoms. The number of thioether (sulfide) groups is 1. The summed E-state index contributed by atoms with van der Waals surface area (Å²) < 4.78 is 0. The van der Waals surface area contributed by atoms with E-state index in [1.165, 1.54) is 21.5 Å². The summed E-state index contributed by atoms with van der Waals surface area (Å²) in [6.07, 6.45) is 4.96. The Hall–Kier alpha value is -1.15. The van der Waals surface area contributed by atoms with Crippen LogP contribution in [-0.2, 0) is 6.42 Å². The number of H-pyrrole nitrogens is 1. The van der Waals surface area contributed by atoms with Crippen molar-refractivity contribution in [3.05, 3.63) is 42.6 Å². The van der Waals surface area contributed by atoms with Gasteiger partial charge in [0.15, 0.2) is 0 Å². The molecule has 0 bridgehead atoms. The zero-order valence-corrected chi connectivity index (χ0v) is 9.03. The van der Waals surface area contributed by atoms with Gasteiger partial charge < -0.3 is 4.98 Å². The summed E-state index contributed by atoms with van der Waals surface area (Å²) in [6.45, 7) is 3.77. The second-order valence-corrected chi connectivity index (χ2v) is 3.99. The van der Waals surface area contributed by atoms with Gasteiger partial charge in [0.1, 0.15) is 0 Å². The van der Waals surface area contributed by atoms with Crippen LogP contribution in [0.4, 0.5) is 0 Å². The third kappa shape index (κ3) is 1.46. The lowest BCUT2D eigenvalue weighted by Gasteiger charge is -1.96. The van der Waals surface area contributed by atoms with Gasteiger partial charge in [-0.3, -0.25) is 0 Å². The van der Waals surface area contributed by atoms with Crippen LogP contribution >= 0.6 is 11.8 Å². The summed E-state index contributed by atoms with van der Waals surface area (Å²) >= 11 is 1.79. The van der Waals surface area contributed by atoms with E-state index >= 15 is 0 Å². The van der Waals surface area contributed by atoms with Gasteiger partial charge in [-0.2, -0.15) is 0 Å². The van der Waals surface area contributed by atoms with E-state index < -0.39 is 0 Å². The topological polar surface area (TPSA) is 15.8 Å². The first-order valence-corrected chi connectivity index (χ1v) is 5.83. The molecule has 14 heavy (non-hydrogen) atoms. The number of para-hydroxylation sites is 1. The Kier molecular flexibility index (Phi) is 2.64. The molecular weight excluding hydrogens is 190 g/mol. The van der Waals surface area contributed by atoms with Gasteiger partial charge in [-0.15, -0.1) is 18.3 Å². The van der Waals surface area contributed by atoms with E-state index in [2.05, 4.69) is 42.1 Å². The molecule has 1 N–H and O–H groups in total. The predicted molar refractivity (Wildman–Crippen MR) is 64.0 cm³/mol. The lowest BCUT2D eigenvalue weighted by Crippen LogP contribution is -1.81. The molecule has 2 aromatic rings. The highest BCUT2D eigenvalue weighted by atomic mass is 32.2. The molecule has 0 aliphatic rings. The van der Waals surface area contributed by atoms with Gasteiger partial charge in [-0.25, -0.2) is 0 Å². The van der Waals surface area contributed by atoms with Crippen molar-refractivity contribution in [1.29, 1.82) is 0 Å². The van der Waals surface area contributed by atoms with Crippen molar-refractivity contribution in [1.82, 2.24) is 4.98 Å². The van der Waals surface area contributed by atoms with Gasteiger partial charge in [-0.05, 0) is 12.3 Å². The van der Waals surface area contributed by atoms with Crippen LogP contribution in [0.3, 0.4) is 0 Å². The minimum atomic E-state index is 0.908. The van der Waals surface area contributed by atoms with Crippen molar-refractivity contribution in [2.45, 2.75) is 11.3 Å². The highest BCUT2D eigenvalue weighted by molar-refractivity contribution is 7.98. The van der Waals surface area contributed by atoms with Crippen LogP contribution in [0.15, 0.2) is 41.8 Å². The van der Waals surface area contributed by atoms with Crippen LogP contribution in [0.2, 0.25) is 0 Å². The zero-order valence-electron chi connectivity index (χ0n) is 8.21. The number of fused-ring (bicyclic) bond motifs is 1. The normalized spacial score (nSPS) is 10.6. The maximum atomic E-state index is 3.77. The fourth-order valence-corrected chi connectivity index (χ4v) is 2.47. The van der Waals surface area contributed by atoms with Gasteiger partial charge in [0, 0.05) is 27.9 Å². The summed E-state index contributed by atoms with van der Waals surface area (Å²) in [4.78, 5) is 4.77. The summed E-state index contributed by atoms with van der Waals surface area (Å²) in [6, 6.07) is 8.40. The molecule has 0 amide bonds. The maximum absolute atomic E-state index is 3.77. The summed E-state index contributed by atoms with van der Waals surface area (Å²) in [5.74, 6) is 0. The summed E-state index contributed by atoms with van der Waals surface area (Å²) in [5.41, 5.74) is 2.49. The molecule has 0 unspecified atom stereocenters. The molecule has 2 heteroatoms.